The monoisotopic (exact) mass is 167 g/mol. The topological polar surface area (TPSA) is 35.2 Å². The molecule has 0 aromatic heterocycles. The van der Waals surface area contributed by atoms with Gasteiger partial charge in [-0.3, -0.25) is 0 Å². The van der Waals surface area contributed by atoms with E-state index in [0.29, 0.717) is 0 Å². The van der Waals surface area contributed by atoms with Gasteiger partial charge in [0.1, 0.15) is 0 Å². The van der Waals surface area contributed by atoms with Gasteiger partial charge in [-0.15, -0.1) is 0 Å². The van der Waals surface area contributed by atoms with Crippen molar-refractivity contribution < 1.29 is 4.74 Å². The Kier molecular flexibility index (Phi) is 2.09. The number of hydrogen-bond acceptors (Lipinski definition) is 2. The fourth-order valence-corrected chi connectivity index (χ4v) is 1.62. The van der Waals surface area contributed by atoms with Crippen LogP contribution < -0.4 is 5.73 Å². The highest BCUT2D eigenvalue weighted by atomic mass is 16.5. The summed E-state index contributed by atoms with van der Waals surface area (Å²) in [6, 6.07) is 0. The van der Waals surface area contributed by atoms with Gasteiger partial charge in [0.15, 0.2) is 0 Å². The zero-order valence-corrected chi connectivity index (χ0v) is 7.51. The van der Waals surface area contributed by atoms with Gasteiger partial charge in [-0.2, -0.15) is 0 Å². The molecule has 2 rings (SSSR count). The van der Waals surface area contributed by atoms with Crippen molar-refractivity contribution in [3.8, 4) is 0 Å². The van der Waals surface area contributed by atoms with Gasteiger partial charge in [-0.05, 0) is 44.1 Å². The Morgan fingerprint density at radius 2 is 2.33 bits per heavy atom. The van der Waals surface area contributed by atoms with E-state index in [9.17, 15) is 0 Å². The SMILES string of the molecule is NC1(CCC2=COCCC2)CC1. The van der Waals surface area contributed by atoms with Crippen molar-refractivity contribution in [2.24, 2.45) is 5.73 Å². The van der Waals surface area contributed by atoms with Gasteiger partial charge in [0.25, 0.3) is 0 Å². The van der Waals surface area contributed by atoms with E-state index < -0.39 is 0 Å². The van der Waals surface area contributed by atoms with E-state index >= 15 is 0 Å². The Balaban J connectivity index is 1.75. The minimum atomic E-state index is 0.207. The highest BCUT2D eigenvalue weighted by Crippen LogP contribution is 2.38. The molecular formula is C10H17NO. The molecular weight excluding hydrogens is 150 g/mol. The first-order valence-electron chi connectivity index (χ1n) is 4.87. The molecule has 2 aliphatic rings. The molecule has 0 bridgehead atoms. The molecule has 68 valence electrons. The van der Waals surface area contributed by atoms with E-state index in [4.69, 9.17) is 10.5 Å². The largest absolute Gasteiger partial charge is 0.501 e. The molecule has 12 heavy (non-hydrogen) atoms. The van der Waals surface area contributed by atoms with Crippen LogP contribution in [0.1, 0.15) is 38.5 Å². The minimum Gasteiger partial charge on any atom is -0.501 e. The summed E-state index contributed by atoms with van der Waals surface area (Å²) >= 11 is 0. The minimum absolute atomic E-state index is 0.207. The smallest absolute Gasteiger partial charge is 0.0876 e. The Labute approximate surface area is 73.8 Å². The predicted molar refractivity (Wildman–Crippen MR) is 48.7 cm³/mol. The highest BCUT2D eigenvalue weighted by Gasteiger charge is 2.37. The zero-order valence-electron chi connectivity index (χ0n) is 7.51. The van der Waals surface area contributed by atoms with Crippen LogP contribution in [-0.2, 0) is 4.74 Å². The lowest BCUT2D eigenvalue weighted by molar-refractivity contribution is 0.222. The maximum absolute atomic E-state index is 6.00. The van der Waals surface area contributed by atoms with Crippen LogP contribution in [0.5, 0.6) is 0 Å². The summed E-state index contributed by atoms with van der Waals surface area (Å²) < 4.78 is 5.26. The third-order valence-electron chi connectivity index (χ3n) is 2.85. The van der Waals surface area contributed by atoms with Gasteiger partial charge in [0.05, 0.1) is 12.9 Å². The van der Waals surface area contributed by atoms with Crippen LogP contribution in [0.2, 0.25) is 0 Å². The van der Waals surface area contributed by atoms with Crippen LogP contribution in [0.3, 0.4) is 0 Å². The average molecular weight is 167 g/mol. The molecule has 0 aromatic carbocycles. The summed E-state index contributed by atoms with van der Waals surface area (Å²) in [7, 11) is 0. The zero-order chi connectivity index (χ0) is 8.44. The summed E-state index contributed by atoms with van der Waals surface area (Å²) in [6.07, 6.45) is 9.09. The molecule has 1 heterocycles. The molecule has 0 amide bonds. The van der Waals surface area contributed by atoms with Crippen molar-refractivity contribution in [2.45, 2.75) is 44.1 Å². The number of ether oxygens (including phenoxy) is 1. The molecule has 1 aliphatic carbocycles. The van der Waals surface area contributed by atoms with Crippen molar-refractivity contribution in [2.75, 3.05) is 6.61 Å². The lowest BCUT2D eigenvalue weighted by atomic mass is 10.0. The molecule has 0 saturated heterocycles. The third-order valence-corrected chi connectivity index (χ3v) is 2.85. The Morgan fingerprint density at radius 3 is 2.92 bits per heavy atom. The van der Waals surface area contributed by atoms with E-state index in [2.05, 4.69) is 0 Å². The van der Waals surface area contributed by atoms with Gasteiger partial charge in [0.2, 0.25) is 0 Å². The van der Waals surface area contributed by atoms with Gasteiger partial charge in [0, 0.05) is 5.54 Å². The second-order valence-electron chi connectivity index (χ2n) is 4.11. The summed E-state index contributed by atoms with van der Waals surface area (Å²) in [5, 5.41) is 0. The molecule has 0 atom stereocenters. The van der Waals surface area contributed by atoms with E-state index in [1.54, 1.807) is 0 Å². The molecule has 0 radical (unpaired) electrons. The summed E-state index contributed by atoms with van der Waals surface area (Å²) in [5.41, 5.74) is 7.66. The molecule has 0 unspecified atom stereocenters. The Bertz CT molecular complexity index is 194. The molecule has 0 spiro atoms. The number of hydrogen-bond donors (Lipinski definition) is 1. The van der Waals surface area contributed by atoms with Gasteiger partial charge >= 0.3 is 0 Å². The molecule has 1 saturated carbocycles. The average Bonchev–Trinajstić information content (AvgIpc) is 2.84. The highest BCUT2D eigenvalue weighted by molar-refractivity contribution is 5.06. The quantitative estimate of drug-likeness (QED) is 0.697. The van der Waals surface area contributed by atoms with Gasteiger partial charge < -0.3 is 10.5 Å². The molecule has 2 heteroatoms. The fraction of sp³-hybridized carbons (Fsp3) is 0.800. The van der Waals surface area contributed by atoms with E-state index in [0.717, 1.165) is 19.4 Å². The molecule has 1 aliphatic heterocycles. The molecule has 2 nitrogen and oxygen atoms in total. The number of allylic oxidation sites excluding steroid dienone is 1. The summed E-state index contributed by atoms with van der Waals surface area (Å²) in [6.45, 7) is 0.900. The summed E-state index contributed by atoms with van der Waals surface area (Å²) in [5.74, 6) is 0. The maximum Gasteiger partial charge on any atom is 0.0876 e. The first-order chi connectivity index (χ1) is 5.79. The maximum atomic E-state index is 6.00. The van der Waals surface area contributed by atoms with Crippen LogP contribution >= 0.6 is 0 Å². The van der Waals surface area contributed by atoms with Crippen molar-refractivity contribution in [3.63, 3.8) is 0 Å². The van der Waals surface area contributed by atoms with E-state index in [1.807, 2.05) is 6.26 Å². The second-order valence-corrected chi connectivity index (χ2v) is 4.11. The van der Waals surface area contributed by atoms with Crippen LogP contribution in [0, 0.1) is 0 Å². The fourth-order valence-electron chi connectivity index (χ4n) is 1.62. The van der Waals surface area contributed by atoms with Crippen molar-refractivity contribution in [3.05, 3.63) is 11.8 Å². The first-order valence-corrected chi connectivity index (χ1v) is 4.87. The normalized spacial score (nSPS) is 25.9. The van der Waals surface area contributed by atoms with Crippen molar-refractivity contribution in [1.29, 1.82) is 0 Å². The van der Waals surface area contributed by atoms with Crippen LogP contribution in [0.15, 0.2) is 11.8 Å². The Morgan fingerprint density at radius 1 is 1.50 bits per heavy atom. The van der Waals surface area contributed by atoms with Crippen LogP contribution in [0.25, 0.3) is 0 Å². The Hall–Kier alpha value is -0.500. The molecule has 2 N–H and O–H groups in total. The van der Waals surface area contributed by atoms with Crippen molar-refractivity contribution >= 4 is 0 Å². The molecule has 1 fully saturated rings. The van der Waals surface area contributed by atoms with E-state index in [1.165, 1.54) is 31.3 Å². The number of rotatable bonds is 3. The van der Waals surface area contributed by atoms with E-state index in [-0.39, 0.29) is 5.54 Å². The third kappa shape index (κ3) is 2.01. The van der Waals surface area contributed by atoms with Gasteiger partial charge in [-0.25, -0.2) is 0 Å². The van der Waals surface area contributed by atoms with Crippen LogP contribution in [0.4, 0.5) is 0 Å². The molecule has 0 aromatic rings. The standard InChI is InChI=1S/C10H17NO/c11-10(5-6-10)4-3-9-2-1-7-12-8-9/h8H,1-7,11H2. The predicted octanol–water partition coefficient (Wildman–Crippen LogP) is 1.95. The van der Waals surface area contributed by atoms with Gasteiger partial charge in [-0.1, -0.05) is 0 Å². The van der Waals surface area contributed by atoms with Crippen LogP contribution in [-0.4, -0.2) is 12.1 Å². The van der Waals surface area contributed by atoms with Crippen molar-refractivity contribution in [1.82, 2.24) is 0 Å². The number of nitrogens with two attached hydrogens (primary N) is 1. The lowest BCUT2D eigenvalue weighted by Gasteiger charge is -2.15. The second kappa shape index (κ2) is 3.09. The lowest BCUT2D eigenvalue weighted by Crippen LogP contribution is -2.21. The summed E-state index contributed by atoms with van der Waals surface area (Å²) in [4.78, 5) is 0. The first kappa shape index (κ1) is 8.11.